The summed E-state index contributed by atoms with van der Waals surface area (Å²) in [6.45, 7) is 4.20. The van der Waals surface area contributed by atoms with Crippen molar-refractivity contribution >= 4 is 6.09 Å². The van der Waals surface area contributed by atoms with Crippen LogP contribution in [-0.2, 0) is 4.74 Å². The number of piperidine rings is 1. The van der Waals surface area contributed by atoms with Gasteiger partial charge in [0.05, 0.1) is 12.7 Å². The van der Waals surface area contributed by atoms with E-state index in [1.807, 2.05) is 14.0 Å². The fraction of sp³-hybridized carbons (Fsp3) is 0.933. The van der Waals surface area contributed by atoms with Gasteiger partial charge in [-0.1, -0.05) is 12.8 Å². The van der Waals surface area contributed by atoms with Crippen molar-refractivity contribution in [3.63, 3.8) is 0 Å². The van der Waals surface area contributed by atoms with Gasteiger partial charge < -0.3 is 14.7 Å². The molecule has 2 atom stereocenters. The van der Waals surface area contributed by atoms with E-state index in [1.165, 1.54) is 6.42 Å². The molecule has 1 heterocycles. The molecule has 2 aliphatic rings. The second-order valence-electron chi connectivity index (χ2n) is 6.00. The average molecular weight is 284 g/mol. The summed E-state index contributed by atoms with van der Waals surface area (Å²) in [7, 11) is 1.83. The van der Waals surface area contributed by atoms with Crippen molar-refractivity contribution in [3.8, 4) is 0 Å². The topological polar surface area (TPSA) is 53.0 Å². The maximum atomic E-state index is 11.7. The number of nitrogens with zero attached hydrogens (tertiary/aromatic N) is 2. The molecule has 1 aliphatic carbocycles. The largest absolute Gasteiger partial charge is 0.450 e. The van der Waals surface area contributed by atoms with E-state index < -0.39 is 0 Å². The molecule has 1 amide bonds. The number of hydrogen-bond acceptors (Lipinski definition) is 4. The van der Waals surface area contributed by atoms with Gasteiger partial charge in [0, 0.05) is 32.2 Å². The first kappa shape index (κ1) is 15.6. The molecule has 0 aromatic rings. The van der Waals surface area contributed by atoms with Crippen molar-refractivity contribution in [2.75, 3.05) is 26.7 Å². The quantitative estimate of drug-likeness (QED) is 0.859. The number of likely N-dealkylation sites (tertiary alicyclic amines) is 1. The Balaban J connectivity index is 1.81. The Labute approximate surface area is 121 Å². The van der Waals surface area contributed by atoms with E-state index in [0.29, 0.717) is 12.6 Å². The molecule has 0 aromatic heterocycles. The molecule has 20 heavy (non-hydrogen) atoms. The van der Waals surface area contributed by atoms with Crippen LogP contribution in [0.5, 0.6) is 0 Å². The first-order chi connectivity index (χ1) is 9.63. The van der Waals surface area contributed by atoms with Crippen molar-refractivity contribution < 1.29 is 14.6 Å². The third-order valence-corrected chi connectivity index (χ3v) is 4.77. The lowest BCUT2D eigenvalue weighted by atomic mass is 9.89. The van der Waals surface area contributed by atoms with E-state index in [0.717, 1.165) is 45.2 Å². The van der Waals surface area contributed by atoms with E-state index >= 15 is 0 Å². The third-order valence-electron chi connectivity index (χ3n) is 4.77. The molecule has 1 saturated carbocycles. The van der Waals surface area contributed by atoms with Gasteiger partial charge in [0.15, 0.2) is 0 Å². The second-order valence-corrected chi connectivity index (χ2v) is 6.00. The molecule has 0 aromatic carbocycles. The normalized spacial score (nSPS) is 29.1. The van der Waals surface area contributed by atoms with Crippen LogP contribution in [0.15, 0.2) is 0 Å². The highest BCUT2D eigenvalue weighted by atomic mass is 16.6. The first-order valence-corrected chi connectivity index (χ1v) is 7.95. The van der Waals surface area contributed by atoms with Gasteiger partial charge in [0.1, 0.15) is 0 Å². The van der Waals surface area contributed by atoms with Crippen LogP contribution in [0.3, 0.4) is 0 Å². The predicted octanol–water partition coefficient (Wildman–Crippen LogP) is 1.84. The lowest BCUT2D eigenvalue weighted by molar-refractivity contribution is -0.00148. The lowest BCUT2D eigenvalue weighted by Gasteiger charge is -2.43. The molecule has 1 N–H and O–H groups in total. The smallest absolute Gasteiger partial charge is 0.409 e. The van der Waals surface area contributed by atoms with Crippen LogP contribution < -0.4 is 0 Å². The number of ether oxygens (including phenoxy) is 1. The Morgan fingerprint density at radius 3 is 2.50 bits per heavy atom. The molecule has 5 nitrogen and oxygen atoms in total. The van der Waals surface area contributed by atoms with E-state index in [4.69, 9.17) is 4.74 Å². The molecule has 0 radical (unpaired) electrons. The predicted molar refractivity (Wildman–Crippen MR) is 77.6 cm³/mol. The number of rotatable bonds is 3. The van der Waals surface area contributed by atoms with Gasteiger partial charge in [-0.3, -0.25) is 4.90 Å². The third kappa shape index (κ3) is 3.64. The highest BCUT2D eigenvalue weighted by Gasteiger charge is 2.33. The summed E-state index contributed by atoms with van der Waals surface area (Å²) in [5.74, 6) is 0. The number of amides is 1. The summed E-state index contributed by atoms with van der Waals surface area (Å²) in [5.41, 5.74) is 0. The summed E-state index contributed by atoms with van der Waals surface area (Å²) >= 11 is 0. The minimum Gasteiger partial charge on any atom is -0.450 e. The molecule has 1 aliphatic heterocycles. The van der Waals surface area contributed by atoms with Crippen LogP contribution in [-0.4, -0.2) is 65.9 Å². The summed E-state index contributed by atoms with van der Waals surface area (Å²) in [5, 5.41) is 10.1. The second kappa shape index (κ2) is 7.27. The summed E-state index contributed by atoms with van der Waals surface area (Å²) in [6.07, 6.45) is 5.99. The molecule has 1 saturated heterocycles. The highest BCUT2D eigenvalue weighted by Crippen LogP contribution is 2.26. The number of aliphatic hydroxyl groups excluding tert-OH is 1. The Hall–Kier alpha value is -0.810. The molecule has 116 valence electrons. The van der Waals surface area contributed by atoms with Gasteiger partial charge in [0.2, 0.25) is 0 Å². The van der Waals surface area contributed by atoms with Gasteiger partial charge in [-0.15, -0.1) is 0 Å². The van der Waals surface area contributed by atoms with Crippen LogP contribution in [0.25, 0.3) is 0 Å². The zero-order valence-corrected chi connectivity index (χ0v) is 12.8. The number of hydrogen-bond donors (Lipinski definition) is 1. The van der Waals surface area contributed by atoms with Crippen LogP contribution in [0.4, 0.5) is 4.79 Å². The zero-order valence-electron chi connectivity index (χ0n) is 12.8. The van der Waals surface area contributed by atoms with E-state index in [-0.39, 0.29) is 18.2 Å². The van der Waals surface area contributed by atoms with Crippen LogP contribution >= 0.6 is 0 Å². The van der Waals surface area contributed by atoms with Gasteiger partial charge in [0.25, 0.3) is 0 Å². The van der Waals surface area contributed by atoms with Crippen LogP contribution in [0.2, 0.25) is 0 Å². The Bertz CT molecular complexity index is 316. The van der Waals surface area contributed by atoms with E-state index in [1.54, 1.807) is 4.90 Å². The molecule has 5 heteroatoms. The van der Waals surface area contributed by atoms with Gasteiger partial charge in [-0.25, -0.2) is 4.79 Å². The Morgan fingerprint density at radius 2 is 1.90 bits per heavy atom. The zero-order chi connectivity index (χ0) is 14.5. The summed E-state index contributed by atoms with van der Waals surface area (Å²) in [4.78, 5) is 15.9. The average Bonchev–Trinajstić information content (AvgIpc) is 2.47. The van der Waals surface area contributed by atoms with E-state index in [2.05, 4.69) is 4.90 Å². The standard InChI is InChI=1S/C15H28N2O3/c1-3-20-15(19)16(2)12-8-10-17(11-9-12)13-6-4-5-7-14(13)18/h12-14,18H,3-11H2,1-2H3/t13-,14+/m1/s1. The van der Waals surface area contributed by atoms with Crippen molar-refractivity contribution in [1.29, 1.82) is 0 Å². The number of aliphatic hydroxyl groups is 1. The molecule has 0 spiro atoms. The van der Waals surface area contributed by atoms with Crippen molar-refractivity contribution in [3.05, 3.63) is 0 Å². The summed E-state index contributed by atoms with van der Waals surface area (Å²) < 4.78 is 5.05. The maximum absolute atomic E-state index is 11.7. The Kier molecular flexibility index (Phi) is 5.66. The SMILES string of the molecule is CCOC(=O)N(C)C1CCN([C@@H]2CCCC[C@@H]2O)CC1. The fourth-order valence-corrected chi connectivity index (χ4v) is 3.50. The fourth-order valence-electron chi connectivity index (χ4n) is 3.50. The number of carbonyl (C=O) groups excluding carboxylic acids is 1. The van der Waals surface area contributed by atoms with Crippen LogP contribution in [0.1, 0.15) is 45.4 Å². The molecular formula is C15H28N2O3. The number of carbonyl (C=O) groups is 1. The monoisotopic (exact) mass is 284 g/mol. The van der Waals surface area contributed by atoms with Gasteiger partial charge in [-0.05, 0) is 32.6 Å². The molecule has 0 unspecified atom stereocenters. The van der Waals surface area contributed by atoms with Gasteiger partial charge >= 0.3 is 6.09 Å². The highest BCUT2D eigenvalue weighted by molar-refractivity contribution is 5.67. The van der Waals surface area contributed by atoms with Crippen molar-refractivity contribution in [2.24, 2.45) is 0 Å². The van der Waals surface area contributed by atoms with Crippen molar-refractivity contribution in [1.82, 2.24) is 9.80 Å². The van der Waals surface area contributed by atoms with Crippen molar-refractivity contribution in [2.45, 2.75) is 63.6 Å². The molecule has 0 bridgehead atoms. The minimum absolute atomic E-state index is 0.164. The maximum Gasteiger partial charge on any atom is 0.409 e. The molecular weight excluding hydrogens is 256 g/mol. The van der Waals surface area contributed by atoms with Gasteiger partial charge in [-0.2, -0.15) is 0 Å². The first-order valence-electron chi connectivity index (χ1n) is 7.95. The Morgan fingerprint density at radius 1 is 1.25 bits per heavy atom. The van der Waals surface area contributed by atoms with Crippen LogP contribution in [0, 0.1) is 0 Å². The molecule has 2 rings (SSSR count). The minimum atomic E-state index is -0.219. The summed E-state index contributed by atoms with van der Waals surface area (Å²) in [6, 6.07) is 0.601. The lowest BCUT2D eigenvalue weighted by Crippen LogP contribution is -2.52. The molecule has 2 fully saturated rings. The van der Waals surface area contributed by atoms with E-state index in [9.17, 15) is 9.90 Å².